The molecule has 0 atom stereocenters. The summed E-state index contributed by atoms with van der Waals surface area (Å²) in [6.45, 7) is 5.86. The standard InChI is InChI=1S/C23H29N3O6/c1-4-29-18-8-6-16(12-20(18)30-5-2)24-22(27)14-26(3)15-23(28)25-17-7-9-19-21(13-17)32-11-10-31-19/h6-9,12-13H,4-5,10-11,14-15H2,1-3H3,(H,24,27)(H,25,28). The van der Waals surface area contributed by atoms with Gasteiger partial charge in [-0.15, -0.1) is 0 Å². The van der Waals surface area contributed by atoms with Crippen LogP contribution in [0.5, 0.6) is 23.0 Å². The summed E-state index contributed by atoms with van der Waals surface area (Å²) < 4.78 is 22.1. The average molecular weight is 444 g/mol. The highest BCUT2D eigenvalue weighted by Crippen LogP contribution is 2.32. The fraction of sp³-hybridized carbons (Fsp3) is 0.391. The number of fused-ring (bicyclic) bond motifs is 1. The molecule has 2 aromatic rings. The summed E-state index contributed by atoms with van der Waals surface area (Å²) in [5.74, 6) is 1.97. The van der Waals surface area contributed by atoms with E-state index in [1.165, 1.54) is 0 Å². The molecule has 0 saturated heterocycles. The van der Waals surface area contributed by atoms with Crippen molar-refractivity contribution in [2.24, 2.45) is 0 Å². The second-order valence-electron chi connectivity index (χ2n) is 7.15. The first-order valence-electron chi connectivity index (χ1n) is 10.6. The predicted molar refractivity (Wildman–Crippen MR) is 121 cm³/mol. The van der Waals surface area contributed by atoms with E-state index in [-0.39, 0.29) is 24.9 Å². The zero-order chi connectivity index (χ0) is 22.9. The van der Waals surface area contributed by atoms with Gasteiger partial charge in [-0.3, -0.25) is 14.5 Å². The molecule has 172 valence electrons. The number of amides is 2. The Morgan fingerprint density at radius 3 is 2.06 bits per heavy atom. The van der Waals surface area contributed by atoms with Gasteiger partial charge in [0.15, 0.2) is 23.0 Å². The van der Waals surface area contributed by atoms with Gasteiger partial charge in [-0.1, -0.05) is 0 Å². The maximum absolute atomic E-state index is 12.4. The first-order valence-corrected chi connectivity index (χ1v) is 10.6. The molecule has 0 radical (unpaired) electrons. The Bertz CT molecular complexity index is 949. The number of ether oxygens (including phenoxy) is 4. The SMILES string of the molecule is CCOc1ccc(NC(=O)CN(C)CC(=O)Nc2ccc3c(c2)OCCO3)cc1OCC. The van der Waals surface area contributed by atoms with E-state index in [4.69, 9.17) is 18.9 Å². The van der Waals surface area contributed by atoms with Gasteiger partial charge >= 0.3 is 0 Å². The van der Waals surface area contributed by atoms with Crippen LogP contribution >= 0.6 is 0 Å². The van der Waals surface area contributed by atoms with Gasteiger partial charge in [0, 0.05) is 23.5 Å². The monoisotopic (exact) mass is 443 g/mol. The van der Waals surface area contributed by atoms with Gasteiger partial charge in [0.2, 0.25) is 11.8 Å². The van der Waals surface area contributed by atoms with Crippen LogP contribution in [-0.4, -0.2) is 63.3 Å². The average Bonchev–Trinajstić information content (AvgIpc) is 2.75. The largest absolute Gasteiger partial charge is 0.490 e. The van der Waals surface area contributed by atoms with Crippen molar-refractivity contribution >= 4 is 23.2 Å². The number of benzene rings is 2. The molecule has 3 rings (SSSR count). The number of hydrogen-bond acceptors (Lipinski definition) is 7. The van der Waals surface area contributed by atoms with Crippen LogP contribution < -0.4 is 29.6 Å². The van der Waals surface area contributed by atoms with Crippen molar-refractivity contribution in [1.82, 2.24) is 4.90 Å². The quantitative estimate of drug-likeness (QED) is 0.583. The number of carbonyl (C=O) groups excluding carboxylic acids is 2. The highest BCUT2D eigenvalue weighted by molar-refractivity contribution is 5.95. The van der Waals surface area contributed by atoms with Crippen molar-refractivity contribution in [3.05, 3.63) is 36.4 Å². The third kappa shape index (κ3) is 6.52. The van der Waals surface area contributed by atoms with Gasteiger partial charge in [-0.25, -0.2) is 0 Å². The highest BCUT2D eigenvalue weighted by Gasteiger charge is 2.15. The van der Waals surface area contributed by atoms with Crippen LogP contribution in [0.25, 0.3) is 0 Å². The molecule has 2 N–H and O–H groups in total. The van der Waals surface area contributed by atoms with Crippen molar-refractivity contribution in [3.63, 3.8) is 0 Å². The molecule has 9 heteroatoms. The lowest BCUT2D eigenvalue weighted by Crippen LogP contribution is -2.36. The summed E-state index contributed by atoms with van der Waals surface area (Å²) in [5.41, 5.74) is 1.20. The smallest absolute Gasteiger partial charge is 0.238 e. The summed E-state index contributed by atoms with van der Waals surface area (Å²) in [6.07, 6.45) is 0. The third-order valence-corrected chi connectivity index (χ3v) is 4.48. The zero-order valence-electron chi connectivity index (χ0n) is 18.6. The van der Waals surface area contributed by atoms with E-state index in [0.717, 1.165) is 0 Å². The van der Waals surface area contributed by atoms with Gasteiger partial charge in [-0.05, 0) is 45.2 Å². The summed E-state index contributed by atoms with van der Waals surface area (Å²) >= 11 is 0. The summed E-state index contributed by atoms with van der Waals surface area (Å²) in [4.78, 5) is 26.4. The molecular weight excluding hydrogens is 414 g/mol. The van der Waals surface area contributed by atoms with E-state index >= 15 is 0 Å². The number of carbonyl (C=O) groups is 2. The van der Waals surface area contributed by atoms with Crippen molar-refractivity contribution in [3.8, 4) is 23.0 Å². The Morgan fingerprint density at radius 1 is 0.844 bits per heavy atom. The molecule has 1 heterocycles. The van der Waals surface area contributed by atoms with Crippen molar-refractivity contribution < 1.29 is 28.5 Å². The third-order valence-electron chi connectivity index (χ3n) is 4.48. The zero-order valence-corrected chi connectivity index (χ0v) is 18.6. The van der Waals surface area contributed by atoms with Gasteiger partial charge in [-0.2, -0.15) is 0 Å². The maximum atomic E-state index is 12.4. The predicted octanol–water partition coefficient (Wildman–Crippen LogP) is 2.76. The number of nitrogens with one attached hydrogen (secondary N) is 2. The molecule has 0 bridgehead atoms. The lowest BCUT2D eigenvalue weighted by atomic mass is 10.2. The highest BCUT2D eigenvalue weighted by atomic mass is 16.6. The van der Waals surface area contributed by atoms with Crippen LogP contribution in [0.3, 0.4) is 0 Å². The molecule has 9 nitrogen and oxygen atoms in total. The Hall–Kier alpha value is -3.46. The summed E-state index contributed by atoms with van der Waals surface area (Å²) in [5, 5.41) is 5.63. The van der Waals surface area contributed by atoms with E-state index in [0.29, 0.717) is 60.8 Å². The first kappa shape index (κ1) is 23.2. The molecule has 0 aromatic heterocycles. The molecule has 0 saturated carbocycles. The number of anilines is 2. The van der Waals surface area contributed by atoms with Crippen molar-refractivity contribution in [2.75, 3.05) is 57.2 Å². The minimum Gasteiger partial charge on any atom is -0.490 e. The van der Waals surface area contributed by atoms with E-state index in [2.05, 4.69) is 10.6 Å². The second-order valence-corrected chi connectivity index (χ2v) is 7.15. The topological polar surface area (TPSA) is 98.4 Å². The summed E-state index contributed by atoms with van der Waals surface area (Å²) in [6, 6.07) is 10.5. The van der Waals surface area contributed by atoms with E-state index < -0.39 is 0 Å². The van der Waals surface area contributed by atoms with Gasteiger partial charge < -0.3 is 29.6 Å². The second kappa shape index (κ2) is 11.2. The van der Waals surface area contributed by atoms with Crippen LogP contribution in [0.1, 0.15) is 13.8 Å². The molecule has 0 unspecified atom stereocenters. The minimum absolute atomic E-state index is 0.0474. The van der Waals surface area contributed by atoms with Crippen LogP contribution in [-0.2, 0) is 9.59 Å². The molecule has 1 aliphatic heterocycles. The molecule has 2 aromatic carbocycles. The number of likely N-dealkylation sites (N-methyl/N-ethyl adjacent to an activating group) is 1. The molecule has 0 spiro atoms. The Balaban J connectivity index is 1.50. The number of rotatable bonds is 10. The maximum Gasteiger partial charge on any atom is 0.238 e. The van der Waals surface area contributed by atoms with E-state index in [1.807, 2.05) is 13.8 Å². The fourth-order valence-corrected chi connectivity index (χ4v) is 3.20. The number of hydrogen-bond donors (Lipinski definition) is 2. The Labute approximate surface area is 187 Å². The van der Waals surface area contributed by atoms with Crippen LogP contribution in [0, 0.1) is 0 Å². The van der Waals surface area contributed by atoms with Crippen LogP contribution in [0.4, 0.5) is 11.4 Å². The van der Waals surface area contributed by atoms with E-state index in [9.17, 15) is 9.59 Å². The van der Waals surface area contributed by atoms with Crippen LogP contribution in [0.15, 0.2) is 36.4 Å². The molecule has 0 fully saturated rings. The molecule has 2 amide bonds. The molecule has 0 aliphatic carbocycles. The van der Waals surface area contributed by atoms with Crippen molar-refractivity contribution in [1.29, 1.82) is 0 Å². The van der Waals surface area contributed by atoms with Crippen LogP contribution in [0.2, 0.25) is 0 Å². The molecular formula is C23H29N3O6. The fourth-order valence-electron chi connectivity index (χ4n) is 3.20. The van der Waals surface area contributed by atoms with Gasteiger partial charge in [0.1, 0.15) is 13.2 Å². The van der Waals surface area contributed by atoms with E-state index in [1.54, 1.807) is 48.3 Å². The van der Waals surface area contributed by atoms with Crippen molar-refractivity contribution in [2.45, 2.75) is 13.8 Å². The molecule has 1 aliphatic rings. The normalized spacial score (nSPS) is 12.2. The number of nitrogens with zero attached hydrogens (tertiary/aromatic N) is 1. The lowest BCUT2D eigenvalue weighted by Gasteiger charge is -2.20. The Kier molecular flexibility index (Phi) is 8.15. The lowest BCUT2D eigenvalue weighted by molar-refractivity contribution is -0.119. The Morgan fingerprint density at radius 2 is 1.41 bits per heavy atom. The first-order chi connectivity index (χ1) is 15.5. The summed E-state index contributed by atoms with van der Waals surface area (Å²) in [7, 11) is 1.70. The molecule has 32 heavy (non-hydrogen) atoms. The van der Waals surface area contributed by atoms with Gasteiger partial charge in [0.05, 0.1) is 26.3 Å². The minimum atomic E-state index is -0.244. The van der Waals surface area contributed by atoms with Gasteiger partial charge in [0.25, 0.3) is 0 Å².